The van der Waals surface area contributed by atoms with Gasteiger partial charge in [0, 0.05) is 12.8 Å². The molecule has 2 atom stereocenters. The van der Waals surface area contributed by atoms with Crippen LogP contribution in [-0.4, -0.2) is 47.4 Å². The summed E-state index contributed by atoms with van der Waals surface area (Å²) in [7, 11) is 0. The van der Waals surface area contributed by atoms with Crippen molar-refractivity contribution < 1.29 is 24.5 Å². The number of ether oxygens (including phenoxy) is 1. The number of carbonyl (C=O) groups is 2. The van der Waals surface area contributed by atoms with Crippen LogP contribution in [0.5, 0.6) is 0 Å². The molecule has 68 heavy (non-hydrogen) atoms. The van der Waals surface area contributed by atoms with E-state index in [1.807, 2.05) is 0 Å². The predicted molar refractivity (Wildman–Crippen MR) is 297 cm³/mol. The van der Waals surface area contributed by atoms with Crippen molar-refractivity contribution in [2.24, 2.45) is 0 Å². The van der Waals surface area contributed by atoms with Crippen LogP contribution >= 0.6 is 0 Å². The standard InChI is InChI=1S/C62H121NO5/c1-3-5-7-9-11-13-15-17-19-20-24-28-32-36-40-44-48-52-56-62(67)68-57-53-49-45-41-37-33-29-25-22-21-23-27-31-35-39-43-47-51-55-61(66)63-59(58-64)60(65)54-50-46-42-38-34-30-26-18-16-14-12-10-8-6-4-2/h23,27,59-60,64-65H,3-22,24-26,28-58H2,1-2H3,(H,63,66)/b27-23-. The Labute approximate surface area is 425 Å². The Kier molecular flexibility index (Phi) is 57.0. The fraction of sp³-hybridized carbons (Fsp3) is 0.935. The van der Waals surface area contributed by atoms with Gasteiger partial charge < -0.3 is 20.3 Å². The minimum atomic E-state index is -0.672. The minimum Gasteiger partial charge on any atom is -0.466 e. The molecule has 1 amide bonds. The zero-order valence-electron chi connectivity index (χ0n) is 46.1. The number of hydrogen-bond acceptors (Lipinski definition) is 5. The molecule has 0 aromatic carbocycles. The van der Waals surface area contributed by atoms with Gasteiger partial charge in [-0.15, -0.1) is 0 Å². The molecule has 0 aromatic rings. The lowest BCUT2D eigenvalue weighted by atomic mass is 10.0. The summed E-state index contributed by atoms with van der Waals surface area (Å²) >= 11 is 0. The topological polar surface area (TPSA) is 95.9 Å². The Morgan fingerprint density at radius 1 is 0.397 bits per heavy atom. The molecule has 404 valence electrons. The number of amides is 1. The van der Waals surface area contributed by atoms with Gasteiger partial charge in [0.15, 0.2) is 0 Å². The van der Waals surface area contributed by atoms with Crippen molar-refractivity contribution in [2.45, 2.75) is 360 Å². The predicted octanol–water partition coefficient (Wildman–Crippen LogP) is 19.2. The first kappa shape index (κ1) is 66.6. The Bertz CT molecular complexity index is 1020. The number of aliphatic hydroxyl groups is 2. The molecule has 3 N–H and O–H groups in total. The summed E-state index contributed by atoms with van der Waals surface area (Å²) in [4.78, 5) is 24.6. The van der Waals surface area contributed by atoms with Crippen LogP contribution in [0.2, 0.25) is 0 Å². The molecular formula is C62H121NO5. The van der Waals surface area contributed by atoms with Crippen molar-refractivity contribution in [3.63, 3.8) is 0 Å². The molecule has 6 nitrogen and oxygen atoms in total. The molecule has 0 aliphatic heterocycles. The number of esters is 1. The highest BCUT2D eigenvalue weighted by Crippen LogP contribution is 2.18. The Morgan fingerprint density at radius 3 is 1.04 bits per heavy atom. The molecule has 0 saturated carbocycles. The number of carbonyl (C=O) groups excluding carboxylic acids is 2. The van der Waals surface area contributed by atoms with E-state index in [2.05, 4.69) is 31.3 Å². The van der Waals surface area contributed by atoms with E-state index < -0.39 is 12.1 Å². The molecule has 0 fully saturated rings. The molecule has 0 aliphatic rings. The monoisotopic (exact) mass is 960 g/mol. The third-order valence-electron chi connectivity index (χ3n) is 14.6. The fourth-order valence-corrected chi connectivity index (χ4v) is 9.81. The lowest BCUT2D eigenvalue weighted by Gasteiger charge is -2.22. The molecule has 0 rings (SSSR count). The molecule has 0 aromatic heterocycles. The zero-order valence-corrected chi connectivity index (χ0v) is 46.1. The maximum absolute atomic E-state index is 12.5. The lowest BCUT2D eigenvalue weighted by Crippen LogP contribution is -2.45. The van der Waals surface area contributed by atoms with Gasteiger partial charge in [0.05, 0.1) is 25.4 Å². The maximum atomic E-state index is 12.5. The van der Waals surface area contributed by atoms with Gasteiger partial charge in [0.25, 0.3) is 0 Å². The van der Waals surface area contributed by atoms with E-state index in [0.29, 0.717) is 25.9 Å². The molecule has 0 saturated heterocycles. The maximum Gasteiger partial charge on any atom is 0.305 e. The summed E-state index contributed by atoms with van der Waals surface area (Å²) in [6, 6.07) is -0.551. The van der Waals surface area contributed by atoms with Crippen molar-refractivity contribution in [3.05, 3.63) is 12.2 Å². The van der Waals surface area contributed by atoms with Crippen molar-refractivity contribution >= 4 is 11.9 Å². The van der Waals surface area contributed by atoms with E-state index in [0.717, 1.165) is 51.4 Å². The summed E-state index contributed by atoms with van der Waals surface area (Å²) in [5.74, 6) is -0.0388. The largest absolute Gasteiger partial charge is 0.466 e. The number of allylic oxidation sites excluding steroid dienone is 2. The van der Waals surface area contributed by atoms with E-state index >= 15 is 0 Å². The van der Waals surface area contributed by atoms with Gasteiger partial charge in [-0.3, -0.25) is 9.59 Å². The van der Waals surface area contributed by atoms with E-state index in [1.54, 1.807) is 0 Å². The van der Waals surface area contributed by atoms with E-state index in [4.69, 9.17) is 4.74 Å². The molecule has 0 spiro atoms. The molecule has 2 unspecified atom stereocenters. The number of unbranched alkanes of at least 4 members (excludes halogenated alkanes) is 45. The van der Waals surface area contributed by atoms with Crippen LogP contribution in [-0.2, 0) is 14.3 Å². The highest BCUT2D eigenvalue weighted by molar-refractivity contribution is 5.76. The fourth-order valence-electron chi connectivity index (χ4n) is 9.81. The van der Waals surface area contributed by atoms with Gasteiger partial charge in [-0.1, -0.05) is 296 Å². The van der Waals surface area contributed by atoms with E-state index in [9.17, 15) is 19.8 Å². The summed E-state index contributed by atoms with van der Waals surface area (Å²) in [5, 5.41) is 23.3. The van der Waals surface area contributed by atoms with Gasteiger partial charge >= 0.3 is 5.97 Å². The smallest absolute Gasteiger partial charge is 0.305 e. The number of aliphatic hydroxyl groups excluding tert-OH is 2. The molecule has 6 heteroatoms. The second kappa shape index (κ2) is 58.2. The van der Waals surface area contributed by atoms with Crippen LogP contribution < -0.4 is 5.32 Å². The zero-order chi connectivity index (χ0) is 49.3. The number of hydrogen-bond donors (Lipinski definition) is 3. The Morgan fingerprint density at radius 2 is 0.691 bits per heavy atom. The first-order valence-electron chi connectivity index (χ1n) is 30.9. The Balaban J connectivity index is 3.41. The van der Waals surface area contributed by atoms with Gasteiger partial charge in [-0.2, -0.15) is 0 Å². The Hall–Kier alpha value is -1.40. The quantitative estimate of drug-likeness (QED) is 0.0321. The van der Waals surface area contributed by atoms with Gasteiger partial charge in [-0.05, 0) is 51.4 Å². The number of rotatable bonds is 58. The molecule has 0 aliphatic carbocycles. The first-order valence-corrected chi connectivity index (χ1v) is 30.9. The van der Waals surface area contributed by atoms with Crippen molar-refractivity contribution in [2.75, 3.05) is 13.2 Å². The highest BCUT2D eigenvalue weighted by Gasteiger charge is 2.20. The summed E-state index contributed by atoms with van der Waals surface area (Å²) in [6.07, 6.45) is 69.3. The van der Waals surface area contributed by atoms with Gasteiger partial charge in [0.2, 0.25) is 5.91 Å². The average molecular weight is 961 g/mol. The van der Waals surface area contributed by atoms with E-state index in [-0.39, 0.29) is 18.5 Å². The number of nitrogens with one attached hydrogen (secondary N) is 1. The van der Waals surface area contributed by atoms with Crippen LogP contribution in [0.4, 0.5) is 0 Å². The van der Waals surface area contributed by atoms with Crippen LogP contribution in [0.1, 0.15) is 348 Å². The van der Waals surface area contributed by atoms with Gasteiger partial charge in [0.1, 0.15) is 0 Å². The van der Waals surface area contributed by atoms with E-state index in [1.165, 1.54) is 263 Å². The summed E-state index contributed by atoms with van der Waals surface area (Å²) in [5.41, 5.74) is 0. The average Bonchev–Trinajstić information content (AvgIpc) is 3.34. The van der Waals surface area contributed by atoms with Gasteiger partial charge in [-0.25, -0.2) is 0 Å². The first-order chi connectivity index (χ1) is 33.5. The third-order valence-corrected chi connectivity index (χ3v) is 14.6. The molecule has 0 heterocycles. The lowest BCUT2D eigenvalue weighted by molar-refractivity contribution is -0.143. The van der Waals surface area contributed by atoms with Crippen LogP contribution in [0.3, 0.4) is 0 Å². The van der Waals surface area contributed by atoms with Crippen molar-refractivity contribution in [1.82, 2.24) is 5.32 Å². The van der Waals surface area contributed by atoms with Crippen molar-refractivity contribution in [1.29, 1.82) is 0 Å². The van der Waals surface area contributed by atoms with Crippen LogP contribution in [0.15, 0.2) is 12.2 Å². The molecule has 0 radical (unpaired) electrons. The molecular weight excluding hydrogens is 839 g/mol. The normalized spacial score (nSPS) is 12.6. The van der Waals surface area contributed by atoms with Crippen molar-refractivity contribution in [3.8, 4) is 0 Å². The third kappa shape index (κ3) is 53.9. The second-order valence-corrected chi connectivity index (χ2v) is 21.4. The SMILES string of the molecule is CCCCCCCCCCCCCCCCCCCCC(=O)OCCCCCCCCCCC/C=C\CCCCCCCC(=O)NC(CO)C(O)CCCCCCCCCCCCCCCCC. The summed E-state index contributed by atoms with van der Waals surface area (Å²) in [6.45, 7) is 4.97. The second-order valence-electron chi connectivity index (χ2n) is 21.4. The minimum absolute atomic E-state index is 0.00811. The molecule has 0 bridgehead atoms. The highest BCUT2D eigenvalue weighted by atomic mass is 16.5. The summed E-state index contributed by atoms with van der Waals surface area (Å²) < 4.78 is 5.49. The van der Waals surface area contributed by atoms with Crippen LogP contribution in [0, 0.1) is 0 Å². The van der Waals surface area contributed by atoms with Crippen LogP contribution in [0.25, 0.3) is 0 Å².